The Balaban J connectivity index is 4.08. The molecule has 0 saturated heterocycles. The van der Waals surface area contributed by atoms with Gasteiger partial charge in [0.25, 0.3) is 0 Å². The molecule has 0 atom stereocenters. The molecule has 0 aliphatic heterocycles. The van der Waals surface area contributed by atoms with Crippen LogP contribution in [0.5, 0.6) is 0 Å². The summed E-state index contributed by atoms with van der Waals surface area (Å²) < 4.78 is 0. The summed E-state index contributed by atoms with van der Waals surface area (Å²) in [5.74, 6) is -0.551. The first-order valence-electron chi connectivity index (χ1n) is 3.10. The second kappa shape index (κ2) is 4.57. The molecule has 0 spiro atoms. The second-order valence-corrected chi connectivity index (χ2v) is 1.93. The molecule has 2 N–H and O–H groups in total. The third-order valence-electron chi connectivity index (χ3n) is 0.979. The Kier molecular flexibility index (Phi) is 3.97. The van der Waals surface area contributed by atoms with Crippen LogP contribution in [-0.4, -0.2) is 5.91 Å². The third kappa shape index (κ3) is 3.67. The van der Waals surface area contributed by atoms with Crippen LogP contribution in [0.2, 0.25) is 0 Å². The first kappa shape index (κ1) is 8.70. The van der Waals surface area contributed by atoms with E-state index in [1.54, 1.807) is 0 Å². The Morgan fingerprint density at radius 1 is 1.80 bits per heavy atom. The van der Waals surface area contributed by atoms with Gasteiger partial charge >= 0.3 is 0 Å². The zero-order valence-corrected chi connectivity index (χ0v) is 5.92. The average molecular weight is 138 g/mol. The Bertz CT molecular complexity index is 188. The predicted molar refractivity (Wildman–Crippen MR) is 37.8 cm³/mol. The number of primary amides is 1. The fraction of sp³-hybridized carbons (Fsp3) is 0.429. The molecule has 0 aliphatic carbocycles. The summed E-state index contributed by atoms with van der Waals surface area (Å²) in [6, 6.07) is 1.89. The van der Waals surface area contributed by atoms with Crippen LogP contribution in [0.4, 0.5) is 0 Å². The first-order chi connectivity index (χ1) is 4.70. The topological polar surface area (TPSA) is 66.9 Å². The predicted octanol–water partition coefficient (Wildman–Crippen LogP) is 0.722. The lowest BCUT2D eigenvalue weighted by molar-refractivity contribution is -0.113. The van der Waals surface area contributed by atoms with Gasteiger partial charge in [0.15, 0.2) is 0 Å². The van der Waals surface area contributed by atoms with Crippen molar-refractivity contribution in [3.63, 3.8) is 0 Å². The molecule has 0 aromatic rings. The number of carbonyl (C=O) groups is 1. The molecular weight excluding hydrogens is 128 g/mol. The van der Waals surface area contributed by atoms with Crippen molar-refractivity contribution in [1.82, 2.24) is 0 Å². The highest BCUT2D eigenvalue weighted by Crippen LogP contribution is 2.01. The van der Waals surface area contributed by atoms with Gasteiger partial charge in [-0.1, -0.05) is 13.3 Å². The zero-order chi connectivity index (χ0) is 7.98. The van der Waals surface area contributed by atoms with E-state index in [0.29, 0.717) is 12.0 Å². The Morgan fingerprint density at radius 2 is 2.40 bits per heavy atom. The summed E-state index contributed by atoms with van der Waals surface area (Å²) >= 11 is 0. The van der Waals surface area contributed by atoms with E-state index in [1.165, 1.54) is 6.08 Å². The molecule has 3 nitrogen and oxygen atoms in total. The maximum Gasteiger partial charge on any atom is 0.242 e. The van der Waals surface area contributed by atoms with Gasteiger partial charge < -0.3 is 5.73 Å². The van der Waals surface area contributed by atoms with E-state index < -0.39 is 5.91 Å². The van der Waals surface area contributed by atoms with Crippen LogP contribution in [-0.2, 0) is 4.79 Å². The molecule has 3 heteroatoms. The van der Waals surface area contributed by atoms with Crippen LogP contribution in [0.25, 0.3) is 0 Å². The van der Waals surface area contributed by atoms with Crippen molar-refractivity contribution in [3.8, 4) is 6.07 Å². The van der Waals surface area contributed by atoms with E-state index in [-0.39, 0.29) is 0 Å². The minimum Gasteiger partial charge on any atom is -0.366 e. The van der Waals surface area contributed by atoms with Gasteiger partial charge in [0, 0.05) is 11.6 Å². The summed E-state index contributed by atoms with van der Waals surface area (Å²) in [4.78, 5) is 10.2. The molecule has 0 aromatic heterocycles. The first-order valence-corrected chi connectivity index (χ1v) is 3.10. The Hall–Kier alpha value is -1.30. The van der Waals surface area contributed by atoms with E-state index in [1.807, 2.05) is 13.0 Å². The molecule has 0 aliphatic rings. The van der Waals surface area contributed by atoms with Crippen molar-refractivity contribution in [2.45, 2.75) is 19.8 Å². The van der Waals surface area contributed by atoms with Crippen LogP contribution >= 0.6 is 0 Å². The van der Waals surface area contributed by atoms with E-state index in [2.05, 4.69) is 0 Å². The van der Waals surface area contributed by atoms with Crippen molar-refractivity contribution in [3.05, 3.63) is 11.6 Å². The molecule has 0 heterocycles. The lowest BCUT2D eigenvalue weighted by atomic mass is 10.1. The highest BCUT2D eigenvalue weighted by atomic mass is 16.1. The van der Waals surface area contributed by atoms with E-state index in [0.717, 1.165) is 6.42 Å². The normalized spacial score (nSPS) is 10.6. The molecule has 54 valence electrons. The fourth-order valence-electron chi connectivity index (χ4n) is 0.601. The molecule has 0 saturated carbocycles. The number of rotatable bonds is 3. The number of hydrogen-bond acceptors (Lipinski definition) is 2. The van der Waals surface area contributed by atoms with Crippen LogP contribution < -0.4 is 5.73 Å². The average Bonchev–Trinajstić information content (AvgIpc) is 1.86. The molecule has 0 rings (SSSR count). The zero-order valence-electron chi connectivity index (χ0n) is 5.92. The second-order valence-electron chi connectivity index (χ2n) is 1.93. The highest BCUT2D eigenvalue weighted by Gasteiger charge is 1.94. The molecule has 10 heavy (non-hydrogen) atoms. The standard InChI is InChI=1S/C7H10N2O/c1-2-3-6(5-8)4-7(9)10/h4H,2-3H2,1H3,(H2,9,10)/b6-4-. The van der Waals surface area contributed by atoms with Gasteiger partial charge in [-0.3, -0.25) is 4.79 Å². The molecule has 0 bridgehead atoms. The van der Waals surface area contributed by atoms with Gasteiger partial charge in [0.05, 0.1) is 6.07 Å². The molecular formula is C7H10N2O. The number of allylic oxidation sites excluding steroid dienone is 1. The SMILES string of the molecule is CCC/C(C#N)=C/C(N)=O. The maximum atomic E-state index is 10.2. The molecule has 1 amide bonds. The lowest BCUT2D eigenvalue weighted by Gasteiger charge is -1.89. The van der Waals surface area contributed by atoms with Crippen LogP contribution in [0.15, 0.2) is 11.6 Å². The number of hydrogen-bond donors (Lipinski definition) is 1. The van der Waals surface area contributed by atoms with Crippen LogP contribution in [0, 0.1) is 11.3 Å². The van der Waals surface area contributed by atoms with Crippen LogP contribution in [0.3, 0.4) is 0 Å². The largest absolute Gasteiger partial charge is 0.366 e. The van der Waals surface area contributed by atoms with Crippen molar-refractivity contribution in [1.29, 1.82) is 5.26 Å². The number of nitrogens with two attached hydrogens (primary N) is 1. The Morgan fingerprint density at radius 3 is 2.70 bits per heavy atom. The monoisotopic (exact) mass is 138 g/mol. The van der Waals surface area contributed by atoms with E-state index >= 15 is 0 Å². The van der Waals surface area contributed by atoms with Gasteiger partial charge in [0.2, 0.25) is 5.91 Å². The maximum absolute atomic E-state index is 10.2. The molecule has 0 aromatic carbocycles. The van der Waals surface area contributed by atoms with Gasteiger partial charge in [-0.2, -0.15) is 5.26 Å². The summed E-state index contributed by atoms with van der Waals surface area (Å²) in [7, 11) is 0. The molecule has 0 fully saturated rings. The third-order valence-corrected chi connectivity index (χ3v) is 0.979. The van der Waals surface area contributed by atoms with Crippen molar-refractivity contribution in [2.24, 2.45) is 5.73 Å². The minimum atomic E-state index is -0.551. The van der Waals surface area contributed by atoms with Gasteiger partial charge in [0.1, 0.15) is 0 Å². The number of amides is 1. The molecule has 0 unspecified atom stereocenters. The minimum absolute atomic E-state index is 0.454. The van der Waals surface area contributed by atoms with Crippen molar-refractivity contribution < 1.29 is 4.79 Å². The summed E-state index contributed by atoms with van der Waals surface area (Å²) in [5, 5.41) is 8.38. The van der Waals surface area contributed by atoms with Crippen LogP contribution in [0.1, 0.15) is 19.8 Å². The van der Waals surface area contributed by atoms with E-state index in [4.69, 9.17) is 11.0 Å². The van der Waals surface area contributed by atoms with Crippen molar-refractivity contribution in [2.75, 3.05) is 0 Å². The fourth-order valence-corrected chi connectivity index (χ4v) is 0.601. The van der Waals surface area contributed by atoms with E-state index in [9.17, 15) is 4.79 Å². The number of nitriles is 1. The summed E-state index contributed by atoms with van der Waals surface area (Å²) in [5.41, 5.74) is 5.29. The lowest BCUT2D eigenvalue weighted by Crippen LogP contribution is -2.06. The Labute approximate surface area is 60.1 Å². The quantitative estimate of drug-likeness (QED) is 0.461. The van der Waals surface area contributed by atoms with Gasteiger partial charge in [-0.05, 0) is 6.42 Å². The van der Waals surface area contributed by atoms with Crippen molar-refractivity contribution >= 4 is 5.91 Å². The highest BCUT2D eigenvalue weighted by molar-refractivity contribution is 5.87. The number of nitrogens with zero attached hydrogens (tertiary/aromatic N) is 1. The van der Waals surface area contributed by atoms with Gasteiger partial charge in [-0.25, -0.2) is 0 Å². The number of carbonyl (C=O) groups excluding carboxylic acids is 1. The summed E-state index contributed by atoms with van der Waals surface area (Å²) in [6.45, 7) is 1.94. The summed E-state index contributed by atoms with van der Waals surface area (Å²) in [6.07, 6.45) is 2.65. The smallest absolute Gasteiger partial charge is 0.242 e. The molecule has 0 radical (unpaired) electrons. The van der Waals surface area contributed by atoms with Gasteiger partial charge in [-0.15, -0.1) is 0 Å².